The third-order valence-electron chi connectivity index (χ3n) is 3.70. The van der Waals surface area contributed by atoms with Gasteiger partial charge in [-0.1, -0.05) is 13.0 Å². The normalized spacial score (nSPS) is 17.9. The van der Waals surface area contributed by atoms with E-state index in [-0.39, 0.29) is 0 Å². The van der Waals surface area contributed by atoms with Crippen molar-refractivity contribution >= 4 is 11.0 Å². The number of benzene rings is 1. The van der Waals surface area contributed by atoms with Gasteiger partial charge in [-0.2, -0.15) is 0 Å². The fourth-order valence-electron chi connectivity index (χ4n) is 2.53. The SMILES string of the molecule is Cc1cc(C)c2nc(C(C)C3CC3)[nH]c2c1. The number of H-pyrrole nitrogens is 1. The average Bonchev–Trinajstić information content (AvgIpc) is 2.97. The molecule has 1 fully saturated rings. The lowest BCUT2D eigenvalue weighted by Crippen LogP contribution is -1.97. The first-order valence-electron chi connectivity index (χ1n) is 6.12. The zero-order valence-electron chi connectivity index (χ0n) is 10.2. The van der Waals surface area contributed by atoms with Crippen molar-refractivity contribution in [3.05, 3.63) is 29.1 Å². The Labute approximate surface area is 96.1 Å². The van der Waals surface area contributed by atoms with Gasteiger partial charge in [-0.3, -0.25) is 0 Å². The Balaban J connectivity index is 2.11. The Morgan fingerprint density at radius 3 is 2.75 bits per heavy atom. The average molecular weight is 214 g/mol. The minimum Gasteiger partial charge on any atom is -0.342 e. The summed E-state index contributed by atoms with van der Waals surface area (Å²) in [6, 6.07) is 4.40. The van der Waals surface area contributed by atoms with Crippen LogP contribution in [0.3, 0.4) is 0 Å². The van der Waals surface area contributed by atoms with Gasteiger partial charge < -0.3 is 4.98 Å². The van der Waals surface area contributed by atoms with E-state index in [1.54, 1.807) is 0 Å². The van der Waals surface area contributed by atoms with Crippen molar-refractivity contribution in [2.24, 2.45) is 5.92 Å². The summed E-state index contributed by atoms with van der Waals surface area (Å²) in [6.45, 7) is 6.57. The zero-order valence-corrected chi connectivity index (χ0v) is 10.2. The Bertz CT molecular complexity index is 535. The first-order valence-corrected chi connectivity index (χ1v) is 6.12. The summed E-state index contributed by atoms with van der Waals surface area (Å²) < 4.78 is 0. The molecule has 1 aliphatic rings. The number of nitrogens with zero attached hydrogens (tertiary/aromatic N) is 1. The first-order chi connectivity index (χ1) is 7.65. The standard InChI is InChI=1S/C14H18N2/c1-8-6-9(2)13-12(7-8)15-14(16-13)10(3)11-4-5-11/h6-7,10-11H,4-5H2,1-3H3,(H,15,16). The maximum Gasteiger partial charge on any atom is 0.110 e. The molecule has 0 spiro atoms. The quantitative estimate of drug-likeness (QED) is 0.811. The molecular weight excluding hydrogens is 196 g/mol. The molecule has 84 valence electrons. The van der Waals surface area contributed by atoms with E-state index in [0.29, 0.717) is 5.92 Å². The molecule has 2 nitrogen and oxygen atoms in total. The van der Waals surface area contributed by atoms with Gasteiger partial charge in [0.1, 0.15) is 5.82 Å². The summed E-state index contributed by atoms with van der Waals surface area (Å²) in [4.78, 5) is 8.25. The van der Waals surface area contributed by atoms with Crippen molar-refractivity contribution in [2.75, 3.05) is 0 Å². The minimum atomic E-state index is 0.590. The fourth-order valence-corrected chi connectivity index (χ4v) is 2.53. The van der Waals surface area contributed by atoms with Crippen LogP contribution < -0.4 is 0 Å². The number of rotatable bonds is 2. The number of imidazole rings is 1. The second-order valence-electron chi connectivity index (χ2n) is 5.23. The molecule has 16 heavy (non-hydrogen) atoms. The van der Waals surface area contributed by atoms with Gasteiger partial charge in [0.05, 0.1) is 11.0 Å². The number of hydrogen-bond donors (Lipinski definition) is 1. The highest BCUT2D eigenvalue weighted by Crippen LogP contribution is 2.41. The summed E-state index contributed by atoms with van der Waals surface area (Å²) in [5.41, 5.74) is 4.92. The van der Waals surface area contributed by atoms with Crippen LogP contribution in [-0.4, -0.2) is 9.97 Å². The van der Waals surface area contributed by atoms with Gasteiger partial charge in [-0.05, 0) is 49.8 Å². The van der Waals surface area contributed by atoms with E-state index >= 15 is 0 Å². The third-order valence-corrected chi connectivity index (χ3v) is 3.70. The van der Waals surface area contributed by atoms with Gasteiger partial charge in [0.2, 0.25) is 0 Å². The van der Waals surface area contributed by atoms with Crippen LogP contribution >= 0.6 is 0 Å². The van der Waals surface area contributed by atoms with Crippen molar-refractivity contribution in [2.45, 2.75) is 39.5 Å². The van der Waals surface area contributed by atoms with Crippen LogP contribution in [0, 0.1) is 19.8 Å². The van der Waals surface area contributed by atoms with E-state index in [4.69, 9.17) is 4.98 Å². The molecule has 1 aliphatic carbocycles. The number of nitrogens with one attached hydrogen (secondary N) is 1. The topological polar surface area (TPSA) is 28.7 Å². The van der Waals surface area contributed by atoms with Crippen molar-refractivity contribution in [3.63, 3.8) is 0 Å². The van der Waals surface area contributed by atoms with Gasteiger partial charge in [-0.15, -0.1) is 0 Å². The van der Waals surface area contributed by atoms with Gasteiger partial charge in [-0.25, -0.2) is 4.98 Å². The van der Waals surface area contributed by atoms with E-state index < -0.39 is 0 Å². The largest absolute Gasteiger partial charge is 0.342 e. The summed E-state index contributed by atoms with van der Waals surface area (Å²) in [5, 5.41) is 0. The summed E-state index contributed by atoms with van der Waals surface area (Å²) in [5.74, 6) is 2.63. The lowest BCUT2D eigenvalue weighted by molar-refractivity contribution is 0.630. The highest BCUT2D eigenvalue weighted by atomic mass is 14.9. The molecule has 1 N–H and O–H groups in total. The third kappa shape index (κ3) is 1.53. The molecule has 2 heteroatoms. The number of fused-ring (bicyclic) bond motifs is 1. The van der Waals surface area contributed by atoms with E-state index in [1.807, 2.05) is 0 Å². The molecule has 1 aromatic heterocycles. The molecule has 2 aromatic rings. The van der Waals surface area contributed by atoms with Crippen molar-refractivity contribution in [1.29, 1.82) is 0 Å². The number of aromatic amines is 1. The molecule has 0 saturated heterocycles. The van der Waals surface area contributed by atoms with Crippen LogP contribution in [0.2, 0.25) is 0 Å². The summed E-state index contributed by atoms with van der Waals surface area (Å²) in [6.07, 6.45) is 2.74. The van der Waals surface area contributed by atoms with Crippen LogP contribution in [0.25, 0.3) is 11.0 Å². The molecular formula is C14H18N2. The maximum atomic E-state index is 4.76. The first kappa shape index (κ1) is 9.88. The molecule has 1 aromatic carbocycles. The van der Waals surface area contributed by atoms with Gasteiger partial charge in [0.15, 0.2) is 0 Å². The smallest absolute Gasteiger partial charge is 0.110 e. The number of aryl methyl sites for hydroxylation is 2. The molecule has 1 unspecified atom stereocenters. The van der Waals surface area contributed by atoms with Crippen molar-refractivity contribution < 1.29 is 0 Å². The van der Waals surface area contributed by atoms with Crippen LogP contribution in [0.15, 0.2) is 12.1 Å². The molecule has 1 saturated carbocycles. The highest BCUT2D eigenvalue weighted by molar-refractivity contribution is 5.79. The molecule has 1 atom stereocenters. The van der Waals surface area contributed by atoms with E-state index in [1.165, 1.54) is 35.3 Å². The monoisotopic (exact) mass is 214 g/mol. The molecule has 0 bridgehead atoms. The summed E-state index contributed by atoms with van der Waals surface area (Å²) >= 11 is 0. The van der Waals surface area contributed by atoms with Crippen LogP contribution in [0.5, 0.6) is 0 Å². The Kier molecular flexibility index (Phi) is 2.06. The number of hydrogen-bond acceptors (Lipinski definition) is 1. The van der Waals surface area contributed by atoms with Crippen LogP contribution in [-0.2, 0) is 0 Å². The minimum absolute atomic E-state index is 0.590. The van der Waals surface area contributed by atoms with E-state index in [2.05, 4.69) is 37.9 Å². The Hall–Kier alpha value is -1.31. The van der Waals surface area contributed by atoms with Gasteiger partial charge in [0.25, 0.3) is 0 Å². The van der Waals surface area contributed by atoms with Crippen LogP contribution in [0.1, 0.15) is 42.6 Å². The lowest BCUT2D eigenvalue weighted by atomic mass is 10.1. The van der Waals surface area contributed by atoms with Crippen molar-refractivity contribution in [3.8, 4) is 0 Å². The lowest BCUT2D eigenvalue weighted by Gasteiger charge is -2.04. The molecule has 0 amide bonds. The molecule has 0 aliphatic heterocycles. The van der Waals surface area contributed by atoms with Crippen LogP contribution in [0.4, 0.5) is 0 Å². The predicted molar refractivity (Wildman–Crippen MR) is 66.7 cm³/mol. The van der Waals surface area contributed by atoms with E-state index in [0.717, 1.165) is 11.4 Å². The van der Waals surface area contributed by atoms with Gasteiger partial charge in [0, 0.05) is 5.92 Å². The second kappa shape index (κ2) is 3.34. The Morgan fingerprint density at radius 1 is 1.31 bits per heavy atom. The highest BCUT2D eigenvalue weighted by Gasteiger charge is 2.30. The summed E-state index contributed by atoms with van der Waals surface area (Å²) in [7, 11) is 0. The maximum absolute atomic E-state index is 4.76. The molecule has 3 rings (SSSR count). The predicted octanol–water partition coefficient (Wildman–Crippen LogP) is 3.69. The number of aromatic nitrogens is 2. The Morgan fingerprint density at radius 2 is 2.06 bits per heavy atom. The molecule has 0 radical (unpaired) electrons. The van der Waals surface area contributed by atoms with E-state index in [9.17, 15) is 0 Å². The fraction of sp³-hybridized carbons (Fsp3) is 0.500. The van der Waals surface area contributed by atoms with Gasteiger partial charge >= 0.3 is 0 Å². The zero-order chi connectivity index (χ0) is 11.3. The van der Waals surface area contributed by atoms with Crippen molar-refractivity contribution in [1.82, 2.24) is 9.97 Å². The second-order valence-corrected chi connectivity index (χ2v) is 5.23. The molecule has 1 heterocycles.